The second kappa shape index (κ2) is 6.42. The van der Waals surface area contributed by atoms with Gasteiger partial charge < -0.3 is 9.30 Å². The zero-order valence-electron chi connectivity index (χ0n) is 13.0. The topological polar surface area (TPSA) is 44.9 Å². The molecule has 118 valence electrons. The molecule has 0 unspecified atom stereocenters. The van der Waals surface area contributed by atoms with E-state index in [4.69, 9.17) is 4.74 Å². The number of aromatic nitrogens is 4. The fourth-order valence-corrected chi connectivity index (χ4v) is 2.51. The predicted molar refractivity (Wildman–Crippen MR) is 91.5 cm³/mol. The van der Waals surface area contributed by atoms with E-state index in [1.165, 1.54) is 0 Å². The van der Waals surface area contributed by atoms with Crippen LogP contribution in [0.15, 0.2) is 85.6 Å². The lowest BCUT2D eigenvalue weighted by Gasteiger charge is -2.10. The Morgan fingerprint density at radius 3 is 2.54 bits per heavy atom. The molecule has 0 saturated heterocycles. The van der Waals surface area contributed by atoms with Crippen molar-refractivity contribution in [1.82, 2.24) is 19.3 Å². The summed E-state index contributed by atoms with van der Waals surface area (Å²) in [6.45, 7) is 0.408. The maximum Gasteiger partial charge on any atom is 0.143 e. The molecule has 0 spiro atoms. The first-order valence-corrected chi connectivity index (χ1v) is 7.70. The molecule has 0 N–H and O–H groups in total. The first-order chi connectivity index (χ1) is 11.9. The highest BCUT2D eigenvalue weighted by molar-refractivity contribution is 5.46. The molecule has 0 fully saturated rings. The van der Waals surface area contributed by atoms with Crippen molar-refractivity contribution in [2.45, 2.75) is 6.61 Å². The summed E-state index contributed by atoms with van der Waals surface area (Å²) in [5, 5.41) is 4.56. The van der Waals surface area contributed by atoms with Gasteiger partial charge in [0.1, 0.15) is 18.1 Å². The summed E-state index contributed by atoms with van der Waals surface area (Å²) in [4.78, 5) is 4.09. The largest absolute Gasteiger partial charge is 0.485 e. The van der Waals surface area contributed by atoms with Crippen molar-refractivity contribution in [1.29, 1.82) is 0 Å². The van der Waals surface area contributed by atoms with Crippen molar-refractivity contribution < 1.29 is 4.74 Å². The standard InChI is InChI=1S/C19H16N4O/c1-2-6-17(7-3-1)23-12-10-16(21-23)14-24-19-9-5-4-8-18(19)22-13-11-20-15-22/h1-13,15H,14H2. The molecule has 24 heavy (non-hydrogen) atoms. The van der Waals surface area contributed by atoms with Gasteiger partial charge in [0.25, 0.3) is 0 Å². The Morgan fingerprint density at radius 2 is 1.71 bits per heavy atom. The summed E-state index contributed by atoms with van der Waals surface area (Å²) in [6, 6.07) is 19.9. The zero-order valence-corrected chi connectivity index (χ0v) is 13.0. The van der Waals surface area contributed by atoms with Crippen molar-refractivity contribution in [3.8, 4) is 17.1 Å². The normalized spacial score (nSPS) is 10.7. The highest BCUT2D eigenvalue weighted by atomic mass is 16.5. The fourth-order valence-electron chi connectivity index (χ4n) is 2.51. The molecule has 0 amide bonds. The van der Waals surface area contributed by atoms with E-state index in [1.807, 2.05) is 82.3 Å². The quantitative estimate of drug-likeness (QED) is 0.565. The number of ether oxygens (including phenoxy) is 1. The van der Waals surface area contributed by atoms with Crippen LogP contribution in [0.4, 0.5) is 0 Å². The Bertz CT molecular complexity index is 913. The van der Waals surface area contributed by atoms with Gasteiger partial charge in [-0.25, -0.2) is 9.67 Å². The molecule has 5 heteroatoms. The Hall–Kier alpha value is -3.34. The molecule has 2 aromatic carbocycles. The van der Waals surface area contributed by atoms with E-state index in [0.717, 1.165) is 22.8 Å². The Morgan fingerprint density at radius 1 is 0.875 bits per heavy atom. The van der Waals surface area contributed by atoms with Gasteiger partial charge in [-0.05, 0) is 30.3 Å². The molecular weight excluding hydrogens is 300 g/mol. The summed E-state index contributed by atoms with van der Waals surface area (Å²) >= 11 is 0. The summed E-state index contributed by atoms with van der Waals surface area (Å²) in [6.07, 6.45) is 7.34. The summed E-state index contributed by atoms with van der Waals surface area (Å²) in [5.41, 5.74) is 2.86. The van der Waals surface area contributed by atoms with E-state index in [-0.39, 0.29) is 0 Å². The molecule has 2 aromatic heterocycles. The average molecular weight is 316 g/mol. The third kappa shape index (κ3) is 2.92. The molecule has 0 aliphatic heterocycles. The smallest absolute Gasteiger partial charge is 0.143 e. The highest BCUT2D eigenvalue weighted by Crippen LogP contribution is 2.23. The van der Waals surface area contributed by atoms with Crippen molar-refractivity contribution in [3.63, 3.8) is 0 Å². The molecule has 2 heterocycles. The molecular formula is C19H16N4O. The van der Waals surface area contributed by atoms with Gasteiger partial charge in [0, 0.05) is 18.6 Å². The number of rotatable bonds is 5. The van der Waals surface area contributed by atoms with Gasteiger partial charge in [0.15, 0.2) is 0 Å². The van der Waals surface area contributed by atoms with Crippen molar-refractivity contribution in [2.75, 3.05) is 0 Å². The van der Waals surface area contributed by atoms with Gasteiger partial charge in [-0.15, -0.1) is 0 Å². The van der Waals surface area contributed by atoms with Crippen LogP contribution in [-0.4, -0.2) is 19.3 Å². The van der Waals surface area contributed by atoms with Gasteiger partial charge in [-0.3, -0.25) is 0 Å². The fraction of sp³-hybridized carbons (Fsp3) is 0.0526. The highest BCUT2D eigenvalue weighted by Gasteiger charge is 2.07. The second-order valence-corrected chi connectivity index (χ2v) is 5.31. The number of hydrogen-bond acceptors (Lipinski definition) is 3. The second-order valence-electron chi connectivity index (χ2n) is 5.31. The van der Waals surface area contributed by atoms with Crippen LogP contribution in [0.1, 0.15) is 5.69 Å². The van der Waals surface area contributed by atoms with Crippen LogP contribution in [0.5, 0.6) is 5.75 Å². The van der Waals surface area contributed by atoms with Crippen LogP contribution < -0.4 is 4.74 Å². The summed E-state index contributed by atoms with van der Waals surface area (Å²) in [5.74, 6) is 0.796. The first-order valence-electron chi connectivity index (χ1n) is 7.70. The molecule has 0 atom stereocenters. The van der Waals surface area contributed by atoms with Crippen molar-refractivity contribution in [2.24, 2.45) is 0 Å². The lowest BCUT2D eigenvalue weighted by molar-refractivity contribution is 0.299. The number of imidazole rings is 1. The van der Waals surface area contributed by atoms with Crippen LogP contribution in [-0.2, 0) is 6.61 Å². The van der Waals surface area contributed by atoms with Crippen LogP contribution in [0.2, 0.25) is 0 Å². The van der Waals surface area contributed by atoms with E-state index in [2.05, 4.69) is 10.1 Å². The van der Waals surface area contributed by atoms with Crippen LogP contribution in [0.3, 0.4) is 0 Å². The minimum Gasteiger partial charge on any atom is -0.485 e. The SMILES string of the molecule is c1ccc(-n2ccc(COc3ccccc3-n3ccnc3)n2)cc1. The lowest BCUT2D eigenvalue weighted by Crippen LogP contribution is -2.02. The van der Waals surface area contributed by atoms with Crippen LogP contribution >= 0.6 is 0 Å². The van der Waals surface area contributed by atoms with E-state index in [9.17, 15) is 0 Å². The molecule has 4 rings (SSSR count). The molecule has 0 radical (unpaired) electrons. The van der Waals surface area contributed by atoms with Crippen molar-refractivity contribution in [3.05, 3.63) is 91.3 Å². The number of nitrogens with zero attached hydrogens (tertiary/aromatic N) is 4. The number of hydrogen-bond donors (Lipinski definition) is 0. The van der Waals surface area contributed by atoms with Gasteiger partial charge in [0.05, 0.1) is 17.7 Å². The number of benzene rings is 2. The van der Waals surface area contributed by atoms with Crippen LogP contribution in [0, 0.1) is 0 Å². The first kappa shape index (κ1) is 14.3. The van der Waals surface area contributed by atoms with Gasteiger partial charge in [0.2, 0.25) is 0 Å². The molecule has 0 aliphatic rings. The monoisotopic (exact) mass is 316 g/mol. The molecule has 5 nitrogen and oxygen atoms in total. The number of para-hydroxylation sites is 3. The summed E-state index contributed by atoms with van der Waals surface area (Å²) < 4.78 is 9.75. The maximum absolute atomic E-state index is 5.97. The third-order valence-electron chi connectivity index (χ3n) is 3.69. The molecule has 0 saturated carbocycles. The van der Waals surface area contributed by atoms with Crippen molar-refractivity contribution >= 4 is 0 Å². The van der Waals surface area contributed by atoms with E-state index in [0.29, 0.717) is 6.61 Å². The minimum absolute atomic E-state index is 0.408. The molecule has 0 aliphatic carbocycles. The van der Waals surface area contributed by atoms with Crippen LogP contribution in [0.25, 0.3) is 11.4 Å². The third-order valence-corrected chi connectivity index (χ3v) is 3.69. The Labute approximate surface area is 139 Å². The van der Waals surface area contributed by atoms with Gasteiger partial charge >= 0.3 is 0 Å². The zero-order chi connectivity index (χ0) is 16.2. The average Bonchev–Trinajstić information content (AvgIpc) is 3.33. The molecule has 0 bridgehead atoms. The van der Waals surface area contributed by atoms with E-state index < -0.39 is 0 Å². The minimum atomic E-state index is 0.408. The predicted octanol–water partition coefficient (Wildman–Crippen LogP) is 3.64. The lowest BCUT2D eigenvalue weighted by atomic mass is 10.3. The van der Waals surface area contributed by atoms with E-state index >= 15 is 0 Å². The van der Waals surface area contributed by atoms with Gasteiger partial charge in [-0.1, -0.05) is 30.3 Å². The summed E-state index contributed by atoms with van der Waals surface area (Å²) in [7, 11) is 0. The van der Waals surface area contributed by atoms with Gasteiger partial charge in [-0.2, -0.15) is 5.10 Å². The Balaban J connectivity index is 1.51. The maximum atomic E-state index is 5.97. The van der Waals surface area contributed by atoms with E-state index in [1.54, 1.807) is 12.5 Å². The molecule has 4 aromatic rings. The Kier molecular flexibility index (Phi) is 3.81.